The van der Waals surface area contributed by atoms with Crippen LogP contribution in [0.5, 0.6) is 11.6 Å². The van der Waals surface area contributed by atoms with E-state index >= 15 is 0 Å². The lowest BCUT2D eigenvalue weighted by Crippen LogP contribution is -2.04. The molecule has 0 aliphatic heterocycles. The van der Waals surface area contributed by atoms with Gasteiger partial charge in [-0.25, -0.2) is 4.98 Å². The summed E-state index contributed by atoms with van der Waals surface area (Å²) in [6.07, 6.45) is 1.74. The Kier molecular flexibility index (Phi) is 4.85. The minimum Gasteiger partial charge on any atom is -0.507 e. The predicted molar refractivity (Wildman–Crippen MR) is 98.5 cm³/mol. The van der Waals surface area contributed by atoms with Crippen LogP contribution in [-0.4, -0.2) is 32.0 Å². The van der Waals surface area contributed by atoms with Gasteiger partial charge < -0.3 is 9.84 Å². The summed E-state index contributed by atoms with van der Waals surface area (Å²) in [4.78, 5) is 4.22. The summed E-state index contributed by atoms with van der Waals surface area (Å²) in [6.45, 7) is 4.71. The highest BCUT2D eigenvalue weighted by molar-refractivity contribution is 7.71. The van der Waals surface area contributed by atoms with Gasteiger partial charge in [0.1, 0.15) is 5.75 Å². The molecule has 0 aliphatic carbocycles. The summed E-state index contributed by atoms with van der Waals surface area (Å²) < 4.78 is 7.41. The van der Waals surface area contributed by atoms with Crippen molar-refractivity contribution in [2.24, 2.45) is 0 Å². The fraction of sp³-hybridized carbons (Fsp3) is 0.278. The van der Waals surface area contributed by atoms with Gasteiger partial charge >= 0.3 is 0 Å². The van der Waals surface area contributed by atoms with Crippen molar-refractivity contribution in [3.05, 3.63) is 52.4 Å². The largest absolute Gasteiger partial charge is 0.507 e. The van der Waals surface area contributed by atoms with E-state index in [9.17, 15) is 5.11 Å². The van der Waals surface area contributed by atoms with Crippen molar-refractivity contribution in [3.8, 4) is 23.0 Å². The summed E-state index contributed by atoms with van der Waals surface area (Å²) >= 11 is 5.37. The van der Waals surface area contributed by atoms with Gasteiger partial charge in [-0.15, -0.1) is 0 Å². The molecule has 0 saturated heterocycles. The van der Waals surface area contributed by atoms with E-state index in [1.807, 2.05) is 22.8 Å². The third-order valence-corrected chi connectivity index (χ3v) is 4.35. The van der Waals surface area contributed by atoms with Crippen molar-refractivity contribution in [1.82, 2.24) is 19.7 Å². The number of ether oxygens (including phenoxy) is 1. The molecular weight excluding hydrogens is 336 g/mol. The molecule has 0 aliphatic rings. The lowest BCUT2D eigenvalue weighted by Gasteiger charge is -2.12. The van der Waals surface area contributed by atoms with Crippen LogP contribution < -0.4 is 4.74 Å². The summed E-state index contributed by atoms with van der Waals surface area (Å²) in [7, 11) is 1.58. The number of pyridine rings is 1. The summed E-state index contributed by atoms with van der Waals surface area (Å²) in [6, 6.07) is 9.29. The molecule has 0 saturated carbocycles. The van der Waals surface area contributed by atoms with Crippen LogP contribution >= 0.6 is 12.2 Å². The highest BCUT2D eigenvalue weighted by Gasteiger charge is 2.15. The summed E-state index contributed by atoms with van der Waals surface area (Å²) in [5.41, 5.74) is 2.73. The minimum absolute atomic E-state index is 0.174. The van der Waals surface area contributed by atoms with E-state index in [0.29, 0.717) is 34.5 Å². The number of phenolic OH excluding ortho intramolecular Hbond substituents is 1. The molecular formula is C18H20N4O2S. The average molecular weight is 356 g/mol. The van der Waals surface area contributed by atoms with Crippen molar-refractivity contribution >= 4 is 12.2 Å². The third kappa shape index (κ3) is 3.56. The van der Waals surface area contributed by atoms with Crippen molar-refractivity contribution in [2.45, 2.75) is 26.3 Å². The van der Waals surface area contributed by atoms with Gasteiger partial charge in [-0.1, -0.05) is 26.0 Å². The number of hydrogen-bond donors (Lipinski definition) is 2. The Morgan fingerprint density at radius 3 is 2.72 bits per heavy atom. The van der Waals surface area contributed by atoms with Gasteiger partial charge in [0.25, 0.3) is 0 Å². The number of aromatic amines is 1. The highest BCUT2D eigenvalue weighted by atomic mass is 32.1. The van der Waals surface area contributed by atoms with Crippen molar-refractivity contribution in [1.29, 1.82) is 0 Å². The van der Waals surface area contributed by atoms with Crippen molar-refractivity contribution < 1.29 is 9.84 Å². The number of nitrogens with zero attached hydrogens (tertiary/aromatic N) is 3. The monoisotopic (exact) mass is 356 g/mol. The van der Waals surface area contributed by atoms with E-state index in [1.54, 1.807) is 25.4 Å². The van der Waals surface area contributed by atoms with Gasteiger partial charge in [-0.2, -0.15) is 5.10 Å². The number of aromatic hydroxyl groups is 1. The van der Waals surface area contributed by atoms with E-state index in [0.717, 1.165) is 11.1 Å². The molecule has 3 aromatic rings. The van der Waals surface area contributed by atoms with Gasteiger partial charge in [0.15, 0.2) is 10.6 Å². The second kappa shape index (κ2) is 7.06. The molecule has 0 spiro atoms. The fourth-order valence-corrected chi connectivity index (χ4v) is 2.77. The van der Waals surface area contributed by atoms with Crippen LogP contribution in [0.3, 0.4) is 0 Å². The first-order chi connectivity index (χ1) is 12.0. The first-order valence-corrected chi connectivity index (χ1v) is 8.38. The standard InChI is InChI=1S/C18H20N4O2S/c1-11(2)13-5-6-15(23)14(8-13)17-20-21-18(25)22(17)10-12-4-7-16(24-3)19-9-12/h4-9,11,23H,10H2,1-3H3,(H,21,25). The van der Waals surface area contributed by atoms with E-state index in [1.165, 1.54) is 0 Å². The lowest BCUT2D eigenvalue weighted by atomic mass is 10.00. The van der Waals surface area contributed by atoms with Gasteiger partial charge in [0.2, 0.25) is 5.88 Å². The van der Waals surface area contributed by atoms with E-state index < -0.39 is 0 Å². The molecule has 1 aromatic carbocycles. The molecule has 0 unspecified atom stereocenters. The van der Waals surface area contributed by atoms with Crippen LogP contribution in [0.25, 0.3) is 11.4 Å². The molecule has 0 radical (unpaired) electrons. The molecule has 2 aromatic heterocycles. The second-order valence-corrected chi connectivity index (χ2v) is 6.47. The van der Waals surface area contributed by atoms with Crippen LogP contribution in [0.2, 0.25) is 0 Å². The van der Waals surface area contributed by atoms with Crippen molar-refractivity contribution in [3.63, 3.8) is 0 Å². The maximum atomic E-state index is 10.3. The molecule has 3 rings (SSSR count). The summed E-state index contributed by atoms with van der Waals surface area (Å²) in [5.74, 6) is 1.68. The Labute approximate surface area is 151 Å². The Morgan fingerprint density at radius 1 is 1.28 bits per heavy atom. The fourth-order valence-electron chi connectivity index (χ4n) is 2.57. The van der Waals surface area contributed by atoms with E-state index in [2.05, 4.69) is 29.0 Å². The summed E-state index contributed by atoms with van der Waals surface area (Å²) in [5, 5.41) is 17.4. The maximum Gasteiger partial charge on any atom is 0.212 e. The van der Waals surface area contributed by atoms with Crippen LogP contribution in [0, 0.1) is 4.77 Å². The topological polar surface area (TPSA) is 76.0 Å². The van der Waals surface area contributed by atoms with Crippen molar-refractivity contribution in [2.75, 3.05) is 7.11 Å². The first-order valence-electron chi connectivity index (χ1n) is 7.97. The number of phenols is 1. The van der Waals surface area contributed by atoms with Gasteiger partial charge in [-0.3, -0.25) is 9.67 Å². The molecule has 0 atom stereocenters. The lowest BCUT2D eigenvalue weighted by molar-refractivity contribution is 0.397. The number of nitrogens with one attached hydrogen (secondary N) is 1. The molecule has 0 bridgehead atoms. The molecule has 0 amide bonds. The number of H-pyrrole nitrogens is 1. The number of hydrogen-bond acceptors (Lipinski definition) is 5. The van der Waals surface area contributed by atoms with Gasteiger partial charge in [0.05, 0.1) is 19.2 Å². The van der Waals surface area contributed by atoms with Crippen LogP contribution in [0.4, 0.5) is 0 Å². The molecule has 7 heteroatoms. The van der Waals surface area contributed by atoms with Crippen LogP contribution in [0.1, 0.15) is 30.9 Å². The minimum atomic E-state index is 0.174. The number of rotatable bonds is 5. The molecule has 6 nitrogen and oxygen atoms in total. The zero-order valence-electron chi connectivity index (χ0n) is 14.4. The maximum absolute atomic E-state index is 10.3. The normalized spacial score (nSPS) is 11.0. The number of benzene rings is 1. The Hall–Kier alpha value is -2.67. The van der Waals surface area contributed by atoms with E-state index in [4.69, 9.17) is 17.0 Å². The van der Waals surface area contributed by atoms with Crippen LogP contribution in [-0.2, 0) is 6.54 Å². The highest BCUT2D eigenvalue weighted by Crippen LogP contribution is 2.31. The molecule has 130 valence electrons. The Balaban J connectivity index is 2.02. The average Bonchev–Trinajstić information content (AvgIpc) is 2.96. The molecule has 2 N–H and O–H groups in total. The predicted octanol–water partition coefficient (Wildman–Crippen LogP) is 3.89. The smallest absolute Gasteiger partial charge is 0.212 e. The molecule has 0 fully saturated rings. The van der Waals surface area contributed by atoms with Gasteiger partial charge in [0, 0.05) is 12.3 Å². The first kappa shape index (κ1) is 17.2. The Morgan fingerprint density at radius 2 is 2.08 bits per heavy atom. The quantitative estimate of drug-likeness (QED) is 0.678. The third-order valence-electron chi connectivity index (χ3n) is 4.03. The Bertz CT molecular complexity index is 929. The second-order valence-electron chi connectivity index (χ2n) is 6.08. The van der Waals surface area contributed by atoms with E-state index in [-0.39, 0.29) is 5.75 Å². The SMILES string of the molecule is COc1ccc(Cn2c(-c3cc(C(C)C)ccc3O)n[nH]c2=S)cn1. The van der Waals surface area contributed by atoms with Crippen LogP contribution in [0.15, 0.2) is 36.5 Å². The molecule has 25 heavy (non-hydrogen) atoms. The number of methoxy groups -OCH3 is 1. The molecule has 2 heterocycles. The zero-order valence-corrected chi connectivity index (χ0v) is 15.2. The van der Waals surface area contributed by atoms with Gasteiger partial charge in [-0.05, 0) is 41.4 Å². The number of aromatic nitrogens is 4. The zero-order chi connectivity index (χ0) is 18.0.